The Bertz CT molecular complexity index is 982. The zero-order valence-corrected chi connectivity index (χ0v) is 17.5. The molecule has 1 aliphatic heterocycles. The minimum atomic E-state index is -3.86. The average molecular weight is 443 g/mol. The molecule has 0 aliphatic carbocycles. The van der Waals surface area contributed by atoms with E-state index >= 15 is 0 Å². The molecule has 1 N–H and O–H groups in total. The van der Waals surface area contributed by atoms with Gasteiger partial charge in [0.2, 0.25) is 15.9 Å². The largest absolute Gasteiger partial charge is 0.495 e. The lowest BCUT2D eigenvalue weighted by Crippen LogP contribution is -2.43. The average Bonchev–Trinajstić information content (AvgIpc) is 2.70. The molecule has 1 aliphatic rings. The van der Waals surface area contributed by atoms with Gasteiger partial charge in [0.05, 0.1) is 23.7 Å². The summed E-state index contributed by atoms with van der Waals surface area (Å²) in [6.07, 6.45) is 1.16. The van der Waals surface area contributed by atoms with E-state index in [9.17, 15) is 13.2 Å². The Morgan fingerprint density at radius 3 is 2.71 bits per heavy atom. The SMILES string of the molecule is COc1ccccc1NC(=O)C1CCCN(S(=O)(=O)c2cc(Cl)ccc2Cl)C1. The molecule has 28 heavy (non-hydrogen) atoms. The molecule has 3 rings (SSSR count). The number of rotatable bonds is 5. The van der Waals surface area contributed by atoms with Crippen LogP contribution < -0.4 is 10.1 Å². The van der Waals surface area contributed by atoms with Gasteiger partial charge in [0.15, 0.2) is 0 Å². The predicted molar refractivity (Wildman–Crippen MR) is 110 cm³/mol. The first-order valence-electron chi connectivity index (χ1n) is 8.72. The Labute approximate surface area is 174 Å². The fourth-order valence-corrected chi connectivity index (χ4v) is 5.43. The van der Waals surface area contributed by atoms with Crippen molar-refractivity contribution in [2.45, 2.75) is 17.7 Å². The highest BCUT2D eigenvalue weighted by molar-refractivity contribution is 7.89. The van der Waals surface area contributed by atoms with Crippen molar-refractivity contribution in [3.63, 3.8) is 0 Å². The van der Waals surface area contributed by atoms with E-state index in [4.69, 9.17) is 27.9 Å². The Balaban J connectivity index is 1.78. The number of hydrogen-bond acceptors (Lipinski definition) is 4. The number of anilines is 1. The first-order chi connectivity index (χ1) is 13.3. The van der Waals surface area contributed by atoms with Crippen LogP contribution in [0.5, 0.6) is 5.75 Å². The van der Waals surface area contributed by atoms with Crippen molar-refractivity contribution in [2.24, 2.45) is 5.92 Å². The van der Waals surface area contributed by atoms with Crippen LogP contribution in [0.15, 0.2) is 47.4 Å². The monoisotopic (exact) mass is 442 g/mol. The van der Waals surface area contributed by atoms with E-state index in [2.05, 4.69) is 5.32 Å². The Morgan fingerprint density at radius 1 is 1.21 bits per heavy atom. The second-order valence-electron chi connectivity index (χ2n) is 6.47. The van der Waals surface area contributed by atoms with Crippen molar-refractivity contribution in [3.05, 3.63) is 52.5 Å². The maximum absolute atomic E-state index is 13.0. The molecule has 1 fully saturated rings. The summed E-state index contributed by atoms with van der Waals surface area (Å²) in [6, 6.07) is 11.4. The van der Waals surface area contributed by atoms with E-state index in [1.807, 2.05) is 0 Å². The summed E-state index contributed by atoms with van der Waals surface area (Å²) in [4.78, 5) is 12.7. The first-order valence-corrected chi connectivity index (χ1v) is 10.9. The quantitative estimate of drug-likeness (QED) is 0.757. The highest BCUT2D eigenvalue weighted by Gasteiger charge is 2.34. The topological polar surface area (TPSA) is 75.7 Å². The van der Waals surface area contributed by atoms with Crippen LogP contribution in [0.25, 0.3) is 0 Å². The molecule has 6 nitrogen and oxygen atoms in total. The number of amides is 1. The Morgan fingerprint density at radius 2 is 1.96 bits per heavy atom. The minimum absolute atomic E-state index is 0.0487. The van der Waals surface area contributed by atoms with E-state index in [1.54, 1.807) is 24.3 Å². The molecule has 1 amide bonds. The highest BCUT2D eigenvalue weighted by Crippen LogP contribution is 2.31. The van der Waals surface area contributed by atoms with Crippen molar-refractivity contribution in [1.29, 1.82) is 0 Å². The summed E-state index contributed by atoms with van der Waals surface area (Å²) in [7, 11) is -2.33. The first kappa shape index (κ1) is 20.9. The van der Waals surface area contributed by atoms with Crippen LogP contribution in [0.3, 0.4) is 0 Å². The standard InChI is InChI=1S/C19H20Cl2N2O4S/c1-27-17-7-3-2-6-16(17)22-19(24)13-5-4-10-23(12-13)28(25,26)18-11-14(20)8-9-15(18)21/h2-3,6-9,11,13H,4-5,10,12H2,1H3,(H,22,24). The molecule has 2 aromatic carbocycles. The van der Waals surface area contributed by atoms with Crippen LogP contribution in [0.1, 0.15) is 12.8 Å². The van der Waals surface area contributed by atoms with Crippen molar-refractivity contribution in [2.75, 3.05) is 25.5 Å². The summed E-state index contributed by atoms with van der Waals surface area (Å²) in [5.41, 5.74) is 0.549. The number of nitrogens with one attached hydrogen (secondary N) is 1. The maximum atomic E-state index is 13.0. The van der Waals surface area contributed by atoms with Crippen LogP contribution in [-0.4, -0.2) is 38.8 Å². The number of benzene rings is 2. The highest BCUT2D eigenvalue weighted by atomic mass is 35.5. The Hall–Kier alpha value is -1.80. The van der Waals surface area contributed by atoms with Gasteiger partial charge in [-0.25, -0.2) is 8.42 Å². The Kier molecular flexibility index (Phi) is 6.50. The van der Waals surface area contributed by atoms with Gasteiger partial charge in [-0.15, -0.1) is 0 Å². The van der Waals surface area contributed by atoms with Gasteiger partial charge in [0.25, 0.3) is 0 Å². The van der Waals surface area contributed by atoms with Crippen LogP contribution in [0, 0.1) is 5.92 Å². The van der Waals surface area contributed by atoms with Crippen LogP contribution in [0.2, 0.25) is 10.0 Å². The van der Waals surface area contributed by atoms with Crippen molar-refractivity contribution >= 4 is 44.8 Å². The van der Waals surface area contributed by atoms with Crippen LogP contribution in [-0.2, 0) is 14.8 Å². The second kappa shape index (κ2) is 8.69. The lowest BCUT2D eigenvalue weighted by molar-refractivity contribution is -0.120. The van der Waals surface area contributed by atoms with Gasteiger partial charge < -0.3 is 10.1 Å². The molecule has 0 aromatic heterocycles. The number of carbonyl (C=O) groups excluding carboxylic acids is 1. The van der Waals surface area contributed by atoms with Crippen LogP contribution in [0.4, 0.5) is 5.69 Å². The predicted octanol–water partition coefficient (Wildman–Crippen LogP) is 4.04. The molecule has 0 spiro atoms. The normalized spacial score (nSPS) is 17.9. The second-order valence-corrected chi connectivity index (χ2v) is 9.22. The minimum Gasteiger partial charge on any atom is -0.495 e. The van der Waals surface area contributed by atoms with Gasteiger partial charge in [-0.1, -0.05) is 35.3 Å². The molecule has 1 unspecified atom stereocenters. The van der Waals surface area contributed by atoms with Gasteiger partial charge in [-0.2, -0.15) is 4.31 Å². The zero-order chi connectivity index (χ0) is 20.3. The molecule has 0 saturated carbocycles. The summed E-state index contributed by atoms with van der Waals surface area (Å²) < 4.78 is 32.6. The smallest absolute Gasteiger partial charge is 0.244 e. The third-order valence-electron chi connectivity index (χ3n) is 4.63. The summed E-state index contributed by atoms with van der Waals surface area (Å²) >= 11 is 12.0. The number of hydrogen-bond donors (Lipinski definition) is 1. The van der Waals surface area contributed by atoms with Gasteiger partial charge in [-0.05, 0) is 43.2 Å². The summed E-state index contributed by atoms with van der Waals surface area (Å²) in [5.74, 6) is -0.185. The molecular weight excluding hydrogens is 423 g/mol. The molecule has 2 aromatic rings. The lowest BCUT2D eigenvalue weighted by Gasteiger charge is -2.31. The number of ether oxygens (including phenoxy) is 1. The number of piperidine rings is 1. The van der Waals surface area contributed by atoms with Gasteiger partial charge in [0.1, 0.15) is 10.6 Å². The van der Waals surface area contributed by atoms with Crippen molar-refractivity contribution in [3.8, 4) is 5.75 Å². The molecule has 1 saturated heterocycles. The van der Waals surface area contributed by atoms with E-state index in [1.165, 1.54) is 29.6 Å². The fraction of sp³-hybridized carbons (Fsp3) is 0.316. The molecular formula is C19H20Cl2N2O4S. The number of sulfonamides is 1. The lowest BCUT2D eigenvalue weighted by atomic mass is 9.98. The number of halogens is 2. The van der Waals surface area contributed by atoms with E-state index in [0.717, 1.165) is 0 Å². The van der Waals surface area contributed by atoms with E-state index < -0.39 is 15.9 Å². The molecule has 150 valence electrons. The third kappa shape index (κ3) is 4.43. The maximum Gasteiger partial charge on any atom is 0.244 e. The molecule has 0 radical (unpaired) electrons. The van der Waals surface area contributed by atoms with Crippen molar-refractivity contribution in [1.82, 2.24) is 4.31 Å². The number of carbonyl (C=O) groups is 1. The van der Waals surface area contributed by atoms with Gasteiger partial charge >= 0.3 is 0 Å². The number of methoxy groups -OCH3 is 1. The molecule has 1 heterocycles. The van der Waals surface area contributed by atoms with E-state index in [0.29, 0.717) is 30.8 Å². The van der Waals surface area contributed by atoms with Crippen molar-refractivity contribution < 1.29 is 17.9 Å². The number of para-hydroxylation sites is 2. The summed E-state index contributed by atoms with van der Waals surface area (Å²) in [5, 5.41) is 3.22. The van der Waals surface area contributed by atoms with Gasteiger partial charge in [0, 0.05) is 18.1 Å². The fourth-order valence-electron chi connectivity index (χ4n) is 3.17. The van der Waals surface area contributed by atoms with Crippen LogP contribution >= 0.6 is 23.2 Å². The van der Waals surface area contributed by atoms with E-state index in [-0.39, 0.29) is 27.4 Å². The summed E-state index contributed by atoms with van der Waals surface area (Å²) in [6.45, 7) is 0.399. The molecule has 9 heteroatoms. The van der Waals surface area contributed by atoms with Gasteiger partial charge in [-0.3, -0.25) is 4.79 Å². The number of nitrogens with zero attached hydrogens (tertiary/aromatic N) is 1. The third-order valence-corrected chi connectivity index (χ3v) is 7.21. The molecule has 0 bridgehead atoms. The zero-order valence-electron chi connectivity index (χ0n) is 15.2. The molecule has 1 atom stereocenters.